The van der Waals surface area contributed by atoms with Crippen LogP contribution in [0.2, 0.25) is 0 Å². The summed E-state index contributed by atoms with van der Waals surface area (Å²) < 4.78 is -1.55. The van der Waals surface area contributed by atoms with E-state index < -0.39 is 344 Å². The summed E-state index contributed by atoms with van der Waals surface area (Å²) in [7, 11) is 0. The number of nitrogens with one attached hydrogen (secondary N) is 9. The summed E-state index contributed by atoms with van der Waals surface area (Å²) in [4.78, 5) is 213. The highest BCUT2D eigenvalue weighted by Gasteiger charge is 2.40. The highest BCUT2D eigenvalue weighted by atomic mass is 32.1. The van der Waals surface area contributed by atoms with Gasteiger partial charge in [-0.1, -0.05) is 0 Å². The van der Waals surface area contributed by atoms with E-state index in [4.69, 9.17) is 10.8 Å². The number of aliphatic carboxylic acids is 4. The number of amides is 7. The molecule has 0 unspecified atom stereocenters. The smallest absolute Gasteiger partial charge is 0.327 e. The summed E-state index contributed by atoms with van der Waals surface area (Å²) in [6, 6.07) is -0.813. The number of H-pyrrole nitrogens is 1. The Labute approximate surface area is 676 Å². The molecule has 660 valence electrons. The van der Waals surface area contributed by atoms with Crippen LogP contribution in [0, 0.1) is 17.8 Å². The lowest BCUT2D eigenvalue weighted by Crippen LogP contribution is -2.53. The third-order valence-corrected chi connectivity index (χ3v) is 18.9. The van der Waals surface area contributed by atoms with Crippen molar-refractivity contribution >= 4 is 118 Å². The average molecular weight is 1700 g/mol. The predicted octanol–water partition coefficient (Wildman–Crippen LogP) is -9.82. The number of aromatic nitrogens is 3. The molecule has 0 radical (unpaired) electrons. The fraction of sp³-hybridized carbons (Fsp3) is 0.620. The molecule has 0 aliphatic heterocycles. The number of rotatable bonds is 58. The van der Waals surface area contributed by atoms with Crippen LogP contribution in [0.4, 0.5) is 11.5 Å². The third kappa shape index (κ3) is 34.9. The van der Waals surface area contributed by atoms with E-state index in [1.165, 1.54) is 50.4 Å². The number of fused-ring (bicyclic) bond motifs is 1. The molecule has 0 bridgehead atoms. The second kappa shape index (κ2) is 50.1. The van der Waals surface area contributed by atoms with Gasteiger partial charge in [0.2, 0.25) is 35.4 Å². The number of hydrogen-bond donors (Lipinski definition) is 30. The maximum absolute atomic E-state index is 14.8. The Morgan fingerprint density at radius 1 is 0.483 bits per heavy atom. The van der Waals surface area contributed by atoms with Crippen LogP contribution in [0.5, 0.6) is 0 Å². The molecule has 0 aliphatic carbocycles. The van der Waals surface area contributed by atoms with Crippen LogP contribution in [0.25, 0.3) is 11.0 Å². The second-order valence-corrected chi connectivity index (χ2v) is 29.7. The fourth-order valence-electron chi connectivity index (χ4n) is 11.5. The maximum Gasteiger partial charge on any atom is 0.327 e. The molecule has 0 fully saturated rings. The van der Waals surface area contributed by atoms with Gasteiger partial charge in [-0.05, 0) is 76.6 Å². The van der Waals surface area contributed by atoms with Crippen molar-refractivity contribution in [1.29, 1.82) is 0 Å². The Hall–Kier alpha value is -9.96. The van der Waals surface area contributed by atoms with Crippen LogP contribution in [-0.4, -0.2) is 336 Å². The topological polar surface area (TPSA) is 804 Å². The monoisotopic (exact) mass is 1700 g/mol. The van der Waals surface area contributed by atoms with Crippen molar-refractivity contribution in [1.82, 2.24) is 52.2 Å². The normalized spacial score (nSPS) is 16.5. The van der Waals surface area contributed by atoms with Gasteiger partial charge in [-0.25, -0.2) is 14.6 Å². The number of carbonyl (C=O) groups excluding carboxylic acids is 10. The summed E-state index contributed by atoms with van der Waals surface area (Å²) in [6.45, 7) is -3.26. The van der Waals surface area contributed by atoms with E-state index in [-0.39, 0.29) is 29.0 Å². The number of Topliss-reactive ketones (excluding diaryl/α,β-unsaturated/α-hetero) is 3. The van der Waals surface area contributed by atoms with Crippen molar-refractivity contribution in [2.24, 2.45) is 17.8 Å². The lowest BCUT2D eigenvalue weighted by atomic mass is 9.88. The van der Waals surface area contributed by atoms with Crippen LogP contribution in [0.3, 0.4) is 0 Å². The number of nitrogens with two attached hydrogens (primary N) is 1. The van der Waals surface area contributed by atoms with Crippen molar-refractivity contribution in [3.8, 4) is 0 Å². The van der Waals surface area contributed by atoms with Gasteiger partial charge >= 0.3 is 23.9 Å². The van der Waals surface area contributed by atoms with E-state index in [2.05, 4.69) is 70.1 Å². The van der Waals surface area contributed by atoms with Crippen molar-refractivity contribution in [3.05, 3.63) is 58.1 Å². The van der Waals surface area contributed by atoms with Gasteiger partial charge in [-0.3, -0.25) is 67.3 Å². The van der Waals surface area contributed by atoms with Gasteiger partial charge in [0.25, 0.3) is 11.5 Å². The standard InChI is InChI=1S/C71H106N12O34S/c1-71(2,118)63(70(116)117)83-67(112)34(7-16-53(98)77-27-46(92)59(105)62(108)49(95)30-86)21-43(89)39(13-18-55(101)102)80-66(111)33(6-15-52(97)76-26-45(91)58(104)61(107)48(94)29-85)20-42(88)38(12-17-54(99)100)79-65(110)32(5-14-51(96)75-25-44(90)57(103)60(106)47(93)28-84)19-37(87)10-11-40(69(114)115)81-64(109)31-3-8-35(9-4-31)73-23-36-24-74-41-22-50(72)82-68(113)56(41)78-36/h3-4,8-9,22,24,32-34,38-40,44-49,57-63,73,84-86,90-95,103-108,118H,5-7,10-21,23,25-30H2,1-2H3,(H,75,96)(H,76,97)(H,77,98)(H,79,110)(H,80,111)(H,81,109)(H,83,112)(H,99,100)(H,101,102)(H,114,115)(H,116,117)(H3,72,82,113)/t32-,33-,34-,38+,39+,40+,44+,45+,46+,47-,48-,49-,57-,58-,59-,60-,61-,62-,63-/m1/s1. The first-order chi connectivity index (χ1) is 55.2. The van der Waals surface area contributed by atoms with E-state index in [1.54, 1.807) is 0 Å². The number of carboxylic acids is 4. The number of nitrogens with zero attached hydrogens (tertiary/aromatic N) is 2. The first-order valence-corrected chi connectivity index (χ1v) is 37.4. The molecule has 2 aromatic heterocycles. The number of carbonyl (C=O) groups is 14. The van der Waals surface area contributed by atoms with Crippen LogP contribution < -0.4 is 53.8 Å². The van der Waals surface area contributed by atoms with Crippen molar-refractivity contribution in [2.75, 3.05) is 50.5 Å². The fourth-order valence-corrected chi connectivity index (χ4v) is 11.6. The van der Waals surface area contributed by atoms with Gasteiger partial charge in [0.05, 0.1) is 74.2 Å². The lowest BCUT2D eigenvalue weighted by Gasteiger charge is -2.29. The zero-order chi connectivity index (χ0) is 89.2. The molecule has 0 saturated carbocycles. The largest absolute Gasteiger partial charge is 0.481 e. The van der Waals surface area contributed by atoms with Crippen molar-refractivity contribution in [2.45, 2.75) is 219 Å². The zero-order valence-corrected chi connectivity index (χ0v) is 64.9. The molecule has 30 N–H and O–H groups in total. The van der Waals surface area contributed by atoms with Crippen LogP contribution in [0.1, 0.15) is 126 Å². The maximum atomic E-state index is 14.8. The number of hydrogen-bond acceptors (Lipinski definition) is 35. The number of pyridine rings is 1. The number of aliphatic hydroxyl groups excluding tert-OH is 15. The number of anilines is 2. The number of carboxylic acid groups (broad SMARTS) is 4. The molecule has 0 saturated heterocycles. The van der Waals surface area contributed by atoms with Crippen LogP contribution in [-0.2, 0) is 68.9 Å². The summed E-state index contributed by atoms with van der Waals surface area (Å²) in [6.07, 6.45) is -36.5. The zero-order valence-electron chi connectivity index (χ0n) is 64.0. The van der Waals surface area contributed by atoms with E-state index in [1.807, 2.05) is 0 Å². The van der Waals surface area contributed by atoms with Gasteiger partial charge < -0.3 is 150 Å². The van der Waals surface area contributed by atoms with Crippen LogP contribution >= 0.6 is 12.6 Å². The Morgan fingerprint density at radius 2 is 0.864 bits per heavy atom. The minimum Gasteiger partial charge on any atom is -0.481 e. The van der Waals surface area contributed by atoms with Gasteiger partial charge in [0.15, 0.2) is 17.1 Å². The molecule has 3 aromatic rings. The SMILES string of the molecule is CC(C)(S)[C@H](NC(=O)[C@H](CCC(=O)NC[C@H](O)[C@@H](O)[C@H](O)[C@H](O)CO)CC(=O)[C@H](CCC(=O)O)NC(=O)[C@H](CCC(=O)NC[C@H](O)[C@@H](O)[C@H](O)[C@H](O)CO)CC(=O)[C@H](CCC(=O)O)NC(=O)[C@H](CCC(=O)NC[C@H](O)[C@@H](O)[C@H](O)[C@H](O)CO)CC(=O)CC[C@H](NC(=O)c1ccc(NCc2cnc3cc(N)[nH]c(=O)c3n2)cc1)C(=O)O)C(=O)O. The highest BCUT2D eigenvalue weighted by Crippen LogP contribution is 2.25. The lowest BCUT2D eigenvalue weighted by molar-refractivity contribution is -0.143. The number of nitrogen functional groups attached to an aromatic ring is 1. The van der Waals surface area contributed by atoms with Crippen molar-refractivity contribution in [3.63, 3.8) is 0 Å². The van der Waals surface area contributed by atoms with Gasteiger partial charge in [-0.15, -0.1) is 0 Å². The Kier molecular flexibility index (Phi) is 43.4. The molecule has 0 aliphatic rings. The van der Waals surface area contributed by atoms with E-state index in [0.717, 1.165) is 0 Å². The van der Waals surface area contributed by atoms with Crippen molar-refractivity contribution < 1.29 is 164 Å². The summed E-state index contributed by atoms with van der Waals surface area (Å²) in [5.41, 5.74) is 6.02. The predicted molar refractivity (Wildman–Crippen MR) is 406 cm³/mol. The molecule has 118 heavy (non-hydrogen) atoms. The molecule has 19 atom stereocenters. The van der Waals surface area contributed by atoms with E-state index >= 15 is 0 Å². The molecule has 7 amide bonds. The first-order valence-electron chi connectivity index (χ1n) is 36.9. The van der Waals surface area contributed by atoms with Crippen LogP contribution in [0.15, 0.2) is 41.3 Å². The molecule has 3 rings (SSSR count). The number of aliphatic hydroxyl groups is 15. The highest BCUT2D eigenvalue weighted by molar-refractivity contribution is 7.81. The number of thiol groups is 1. The van der Waals surface area contributed by atoms with Gasteiger partial charge in [-0.2, -0.15) is 12.6 Å². The average Bonchev–Trinajstić information content (AvgIpc) is 0.810. The number of ketones is 3. The third-order valence-electron chi connectivity index (χ3n) is 18.6. The molecule has 46 nitrogen and oxygen atoms in total. The summed E-state index contributed by atoms with van der Waals surface area (Å²) in [5, 5.41) is 208. The quantitative estimate of drug-likeness (QED) is 0.0233. The minimum absolute atomic E-state index is 0.0134. The molecular weight excluding hydrogens is 1600 g/mol. The summed E-state index contributed by atoms with van der Waals surface area (Å²) in [5.74, 6) is -23.5. The molecule has 2 heterocycles. The first kappa shape index (κ1) is 102. The molecule has 0 spiro atoms. The molecule has 1 aromatic carbocycles. The Morgan fingerprint density at radius 3 is 1.24 bits per heavy atom. The van der Waals surface area contributed by atoms with Gasteiger partial charge in [0, 0.05) is 117 Å². The molecular formula is C71H106N12O34S. The summed E-state index contributed by atoms with van der Waals surface area (Å²) >= 11 is 4.23. The molecule has 47 heteroatoms. The Balaban J connectivity index is 2.08. The second-order valence-electron chi connectivity index (χ2n) is 28.5. The number of benzene rings is 1. The van der Waals surface area contributed by atoms with E-state index in [9.17, 15) is 164 Å². The minimum atomic E-state index is -2.22. The van der Waals surface area contributed by atoms with E-state index in [0.29, 0.717) is 11.4 Å². The Bertz CT molecular complexity index is 3950. The van der Waals surface area contributed by atoms with Gasteiger partial charge in [0.1, 0.15) is 78.6 Å². The number of aromatic amines is 1.